The first-order valence-electron chi connectivity index (χ1n) is 11.1. The van der Waals surface area contributed by atoms with Crippen LogP contribution in [0.2, 0.25) is 0 Å². The Morgan fingerprint density at radius 2 is 1.67 bits per heavy atom. The number of alkyl halides is 6. The van der Waals surface area contributed by atoms with E-state index in [1.165, 1.54) is 13.0 Å². The molecule has 2 heterocycles. The molecule has 0 radical (unpaired) electrons. The summed E-state index contributed by atoms with van der Waals surface area (Å²) in [5.74, 6) is -2.42. The first kappa shape index (κ1) is 30.6. The van der Waals surface area contributed by atoms with Gasteiger partial charge in [0.25, 0.3) is 11.9 Å². The van der Waals surface area contributed by atoms with Gasteiger partial charge >= 0.3 is 22.6 Å². The minimum absolute atomic E-state index is 0.0226. The molecule has 0 spiro atoms. The van der Waals surface area contributed by atoms with Crippen LogP contribution >= 0.6 is 0 Å². The quantitative estimate of drug-likeness (QED) is 0.437. The third-order valence-electron chi connectivity index (χ3n) is 5.56. The van der Waals surface area contributed by atoms with E-state index in [0.29, 0.717) is 5.56 Å². The molecule has 2 N–H and O–H groups in total. The number of sulfonamides is 1. The van der Waals surface area contributed by atoms with Gasteiger partial charge in [0.2, 0.25) is 10.0 Å². The number of nitrogens with one attached hydrogen (secondary N) is 2. The largest absolute Gasteiger partial charge is 0.431 e. The molecule has 1 aliphatic heterocycles. The average Bonchev–Trinajstić information content (AvgIpc) is 3.11. The normalized spacial score (nSPS) is 16.6. The molecule has 218 valence electrons. The Labute approximate surface area is 219 Å². The van der Waals surface area contributed by atoms with Gasteiger partial charge in [-0.1, -0.05) is 6.07 Å². The Morgan fingerprint density at radius 1 is 1.03 bits per heavy atom. The van der Waals surface area contributed by atoms with E-state index >= 15 is 0 Å². The number of carbonyl (C=O) groups is 1. The molecule has 0 atom stereocenters. The molecule has 1 amide bonds. The van der Waals surface area contributed by atoms with Crippen molar-refractivity contribution in [2.45, 2.75) is 32.1 Å². The predicted molar refractivity (Wildman–Crippen MR) is 125 cm³/mol. The lowest BCUT2D eigenvalue weighted by atomic mass is 10.1. The molecule has 0 unspecified atom stereocenters. The van der Waals surface area contributed by atoms with E-state index in [1.54, 1.807) is 4.72 Å². The summed E-state index contributed by atoms with van der Waals surface area (Å²) in [6, 6.07) is 2.49. The molecule has 39 heavy (non-hydrogen) atoms. The van der Waals surface area contributed by atoms with Crippen LogP contribution in [-0.2, 0) is 26.4 Å². The maximum Gasteiger partial charge on any atom is 0.416 e. The summed E-state index contributed by atoms with van der Waals surface area (Å²) >= 11 is 0. The maximum absolute atomic E-state index is 13.0. The topological polar surface area (TPSA) is 142 Å². The van der Waals surface area contributed by atoms with Gasteiger partial charge in [-0.15, -0.1) is 0 Å². The van der Waals surface area contributed by atoms with Crippen LogP contribution in [0, 0.1) is 6.92 Å². The number of hydrogen-bond acceptors (Lipinski definition) is 8. The van der Waals surface area contributed by atoms with Gasteiger partial charge < -0.3 is 9.73 Å². The molecule has 11 nitrogen and oxygen atoms in total. The molecule has 0 aliphatic carbocycles. The smallest absolute Gasteiger partial charge is 0.416 e. The van der Waals surface area contributed by atoms with Crippen LogP contribution in [0.15, 0.2) is 28.9 Å². The number of aromatic nitrogens is 1. The molecular weight excluding hydrogens is 584 g/mol. The molecule has 1 saturated heterocycles. The zero-order valence-electron chi connectivity index (χ0n) is 20.1. The zero-order valence-corrected chi connectivity index (χ0v) is 21.8. The number of halogens is 6. The van der Waals surface area contributed by atoms with Crippen molar-refractivity contribution < 1.29 is 52.4 Å². The molecule has 1 aromatic heterocycles. The van der Waals surface area contributed by atoms with Gasteiger partial charge in [0, 0.05) is 31.9 Å². The number of anilines is 2. The summed E-state index contributed by atoms with van der Waals surface area (Å²) in [7, 11) is -8.83. The summed E-state index contributed by atoms with van der Waals surface area (Å²) in [6.45, 7) is 0.204. The van der Waals surface area contributed by atoms with E-state index in [4.69, 9.17) is 4.42 Å². The Kier molecular flexibility index (Phi) is 8.88. The standard InChI is InChI=1S/C20H23F6N5O6S2/c1-13-3-4-14(20(24,25)26)11-15(13)27-18-28-16(12-37-18)17(32)29-39(35,36)31-7-2-6-30(8-9-31)38(33,34)10-5-19(21,22)23/h3-4,11-12H,2,5-10H2,1H3,(H,27,28)(H,29,32). The second-order valence-corrected chi connectivity index (χ2v) is 12.2. The van der Waals surface area contributed by atoms with E-state index in [2.05, 4.69) is 10.3 Å². The molecule has 1 aromatic carbocycles. The summed E-state index contributed by atoms with van der Waals surface area (Å²) < 4.78 is 134. The Balaban J connectivity index is 1.64. The maximum atomic E-state index is 13.0. The van der Waals surface area contributed by atoms with E-state index in [9.17, 15) is 48.0 Å². The number of amides is 1. The number of benzene rings is 1. The van der Waals surface area contributed by atoms with Crippen molar-refractivity contribution in [3.63, 3.8) is 0 Å². The van der Waals surface area contributed by atoms with Crippen LogP contribution in [0.4, 0.5) is 38.0 Å². The van der Waals surface area contributed by atoms with Crippen LogP contribution in [0.5, 0.6) is 0 Å². The second-order valence-electron chi connectivity index (χ2n) is 8.46. The predicted octanol–water partition coefficient (Wildman–Crippen LogP) is 3.01. The first-order valence-corrected chi connectivity index (χ1v) is 14.2. The molecule has 1 fully saturated rings. The van der Waals surface area contributed by atoms with Crippen LogP contribution in [0.25, 0.3) is 0 Å². The molecule has 19 heteroatoms. The van der Waals surface area contributed by atoms with E-state index in [1.807, 2.05) is 0 Å². The van der Waals surface area contributed by atoms with Crippen molar-refractivity contribution in [1.82, 2.24) is 18.3 Å². The fourth-order valence-electron chi connectivity index (χ4n) is 3.48. The Morgan fingerprint density at radius 3 is 2.31 bits per heavy atom. The zero-order chi connectivity index (χ0) is 29.2. The molecular formula is C20H23F6N5O6S2. The lowest BCUT2D eigenvalue weighted by Crippen LogP contribution is -2.45. The van der Waals surface area contributed by atoms with Crippen molar-refractivity contribution in [3.05, 3.63) is 41.3 Å². The molecule has 0 bridgehead atoms. The average molecular weight is 608 g/mol. The monoisotopic (exact) mass is 607 g/mol. The summed E-state index contributed by atoms with van der Waals surface area (Å²) in [5.41, 5.74) is -1.11. The minimum Gasteiger partial charge on any atom is -0.431 e. The van der Waals surface area contributed by atoms with E-state index in [-0.39, 0.29) is 25.2 Å². The van der Waals surface area contributed by atoms with Gasteiger partial charge in [0.15, 0.2) is 5.69 Å². The highest BCUT2D eigenvalue weighted by molar-refractivity contribution is 7.89. The van der Waals surface area contributed by atoms with Crippen LogP contribution in [0.3, 0.4) is 0 Å². The molecule has 0 saturated carbocycles. The number of nitrogens with zero attached hydrogens (tertiary/aromatic N) is 3. The van der Waals surface area contributed by atoms with Crippen LogP contribution < -0.4 is 10.0 Å². The number of rotatable bonds is 8. The number of carbonyl (C=O) groups excluding carboxylic acids is 1. The molecule has 1 aliphatic rings. The number of oxazole rings is 1. The summed E-state index contributed by atoms with van der Waals surface area (Å²) in [4.78, 5) is 16.2. The van der Waals surface area contributed by atoms with Gasteiger partial charge in [-0.25, -0.2) is 17.4 Å². The Bertz CT molecular complexity index is 1410. The minimum atomic E-state index is -4.68. The third kappa shape index (κ3) is 8.29. The number of hydrogen-bond donors (Lipinski definition) is 2. The lowest BCUT2D eigenvalue weighted by Gasteiger charge is -2.21. The van der Waals surface area contributed by atoms with Gasteiger partial charge in [-0.05, 0) is 31.0 Å². The van der Waals surface area contributed by atoms with E-state index in [0.717, 1.165) is 27.0 Å². The van der Waals surface area contributed by atoms with Crippen molar-refractivity contribution in [1.29, 1.82) is 0 Å². The highest BCUT2D eigenvalue weighted by Gasteiger charge is 2.35. The molecule has 2 aromatic rings. The van der Waals surface area contributed by atoms with Crippen LogP contribution in [0.1, 0.15) is 34.5 Å². The van der Waals surface area contributed by atoms with Crippen molar-refractivity contribution in [3.8, 4) is 0 Å². The highest BCUT2D eigenvalue weighted by atomic mass is 32.2. The fraction of sp³-hybridized carbons (Fsp3) is 0.500. The van der Waals surface area contributed by atoms with Crippen molar-refractivity contribution >= 4 is 37.8 Å². The van der Waals surface area contributed by atoms with Crippen molar-refractivity contribution in [2.24, 2.45) is 0 Å². The SMILES string of the molecule is Cc1ccc(C(F)(F)F)cc1Nc1nc(C(=O)NS(=O)(=O)N2CCCN(S(=O)(=O)CCC(F)(F)F)CC2)co1. The van der Waals surface area contributed by atoms with Gasteiger partial charge in [-0.2, -0.15) is 44.0 Å². The molecule has 3 rings (SSSR count). The summed E-state index contributed by atoms with van der Waals surface area (Å²) in [6.07, 6.45) is -10.1. The number of aryl methyl sites for hydroxylation is 1. The Hall–Kier alpha value is -2.90. The van der Waals surface area contributed by atoms with Gasteiger partial charge in [0.05, 0.1) is 17.7 Å². The highest BCUT2D eigenvalue weighted by Crippen LogP contribution is 2.33. The second kappa shape index (κ2) is 11.3. The van der Waals surface area contributed by atoms with Crippen molar-refractivity contribution in [2.75, 3.05) is 37.2 Å². The third-order valence-corrected chi connectivity index (χ3v) is 8.92. The summed E-state index contributed by atoms with van der Waals surface area (Å²) in [5, 5.41) is 2.48. The first-order chi connectivity index (χ1) is 17.9. The van der Waals surface area contributed by atoms with E-state index < -0.39 is 81.0 Å². The van der Waals surface area contributed by atoms with Gasteiger partial charge in [-0.3, -0.25) is 4.79 Å². The van der Waals surface area contributed by atoms with Crippen LogP contribution in [-0.4, -0.2) is 74.4 Å². The lowest BCUT2D eigenvalue weighted by molar-refractivity contribution is -0.137. The fourth-order valence-corrected chi connectivity index (χ4v) is 6.15. The van der Waals surface area contributed by atoms with Gasteiger partial charge in [0.1, 0.15) is 6.26 Å².